The van der Waals surface area contributed by atoms with Crippen LogP contribution in [-0.2, 0) is 11.8 Å². The number of hydrogen-bond acceptors (Lipinski definition) is 0. The molecule has 0 aromatic heterocycles. The molecule has 4 aliphatic rings. The molecule has 0 saturated heterocycles. The Bertz CT molecular complexity index is 1290. The van der Waals surface area contributed by atoms with Gasteiger partial charge in [-0.2, -0.15) is 0 Å². The molecule has 3 aromatic rings. The molecular weight excluding hydrogens is 432 g/mol. The molecule has 4 saturated carbocycles. The van der Waals surface area contributed by atoms with E-state index < -0.39 is 0 Å². The van der Waals surface area contributed by atoms with Gasteiger partial charge in [0, 0.05) is 5.92 Å². The van der Waals surface area contributed by atoms with Gasteiger partial charge in [0.2, 0.25) is 0 Å². The normalized spacial score (nSPS) is 26.6. The predicted molar refractivity (Wildman–Crippen MR) is 156 cm³/mol. The van der Waals surface area contributed by atoms with Gasteiger partial charge in [0.1, 0.15) is 0 Å². The summed E-state index contributed by atoms with van der Waals surface area (Å²) >= 11 is 0. The molecule has 0 amide bonds. The quantitative estimate of drug-likeness (QED) is 0.299. The van der Waals surface area contributed by atoms with Crippen molar-refractivity contribution in [2.45, 2.75) is 83.5 Å². The number of fused-ring (bicyclic) bond motifs is 1. The zero-order valence-electron chi connectivity index (χ0n) is 22.6. The Labute approximate surface area is 218 Å². The highest BCUT2D eigenvalue weighted by molar-refractivity contribution is 5.88. The Morgan fingerprint density at radius 2 is 1.33 bits per heavy atom. The van der Waals surface area contributed by atoms with Gasteiger partial charge >= 0.3 is 0 Å². The van der Waals surface area contributed by atoms with Crippen LogP contribution in [-0.4, -0.2) is 0 Å². The van der Waals surface area contributed by atoms with Crippen molar-refractivity contribution in [2.24, 2.45) is 17.8 Å². The second-order valence-electron chi connectivity index (χ2n) is 12.8. The van der Waals surface area contributed by atoms with E-state index in [0.29, 0.717) is 5.41 Å². The average molecular weight is 475 g/mol. The minimum absolute atomic E-state index is 0.225. The lowest BCUT2D eigenvalue weighted by atomic mass is 9.47. The van der Waals surface area contributed by atoms with E-state index in [1.54, 1.807) is 11.1 Å². The summed E-state index contributed by atoms with van der Waals surface area (Å²) in [6, 6.07) is 21.4. The van der Waals surface area contributed by atoms with Gasteiger partial charge in [-0.3, -0.25) is 0 Å². The molecule has 0 radical (unpaired) electrons. The van der Waals surface area contributed by atoms with Crippen molar-refractivity contribution in [1.29, 1.82) is 0 Å². The van der Waals surface area contributed by atoms with Crippen molar-refractivity contribution >= 4 is 10.8 Å². The van der Waals surface area contributed by atoms with Crippen LogP contribution in [0, 0.1) is 17.8 Å². The molecule has 0 aliphatic heterocycles. The van der Waals surface area contributed by atoms with Crippen molar-refractivity contribution in [3.8, 4) is 11.1 Å². The van der Waals surface area contributed by atoms with Gasteiger partial charge in [-0.15, -0.1) is 0 Å². The summed E-state index contributed by atoms with van der Waals surface area (Å²) in [6.45, 7) is 15.0. The third-order valence-electron chi connectivity index (χ3n) is 9.76. The van der Waals surface area contributed by atoms with Crippen LogP contribution >= 0.6 is 0 Å². The summed E-state index contributed by atoms with van der Waals surface area (Å²) in [5, 5.41) is 2.61. The van der Waals surface area contributed by atoms with E-state index in [0.717, 1.165) is 28.9 Å². The summed E-state index contributed by atoms with van der Waals surface area (Å²) in [7, 11) is 0. The van der Waals surface area contributed by atoms with Crippen LogP contribution in [0.1, 0.15) is 88.3 Å². The van der Waals surface area contributed by atoms with Crippen LogP contribution in [0.2, 0.25) is 0 Å². The molecule has 0 spiro atoms. The minimum Gasteiger partial charge on any atom is -0.0992 e. The smallest absolute Gasteiger partial charge is 0.0247 e. The molecule has 4 bridgehead atoms. The lowest BCUT2D eigenvalue weighted by molar-refractivity contribution is -0.00556. The molecule has 0 atom stereocenters. The van der Waals surface area contributed by atoms with E-state index in [2.05, 4.69) is 88.5 Å². The topological polar surface area (TPSA) is 0 Å². The summed E-state index contributed by atoms with van der Waals surface area (Å²) in [4.78, 5) is 0. The van der Waals surface area contributed by atoms with Crippen LogP contribution in [0.4, 0.5) is 0 Å². The van der Waals surface area contributed by atoms with E-state index in [-0.39, 0.29) is 5.92 Å². The SMILES string of the molecule is C=C(C)C(C(=C)C)c1ccc2cc(-c3ccc(CCC)c(C45CC6CC(CC(C6)C4)C5)c3)ccc2c1. The number of rotatable bonds is 7. The Balaban J connectivity index is 1.39. The van der Waals surface area contributed by atoms with Crippen LogP contribution in [0.3, 0.4) is 0 Å². The zero-order chi connectivity index (χ0) is 25.0. The molecule has 186 valence electrons. The number of benzene rings is 3. The first-order chi connectivity index (χ1) is 17.3. The molecule has 0 nitrogen and oxygen atoms in total. The van der Waals surface area contributed by atoms with Crippen molar-refractivity contribution in [1.82, 2.24) is 0 Å². The average Bonchev–Trinajstić information content (AvgIpc) is 2.83. The van der Waals surface area contributed by atoms with Crippen LogP contribution < -0.4 is 0 Å². The fourth-order valence-electron chi connectivity index (χ4n) is 8.79. The summed E-state index contributed by atoms with van der Waals surface area (Å²) in [5.74, 6) is 3.16. The summed E-state index contributed by atoms with van der Waals surface area (Å²) in [6.07, 6.45) is 11.3. The van der Waals surface area contributed by atoms with Crippen molar-refractivity contribution in [2.75, 3.05) is 0 Å². The lowest BCUT2D eigenvalue weighted by Crippen LogP contribution is -2.48. The summed E-state index contributed by atoms with van der Waals surface area (Å²) in [5.41, 5.74) is 10.1. The van der Waals surface area contributed by atoms with Gasteiger partial charge in [0.25, 0.3) is 0 Å². The van der Waals surface area contributed by atoms with E-state index in [9.17, 15) is 0 Å². The van der Waals surface area contributed by atoms with Crippen LogP contribution in [0.5, 0.6) is 0 Å². The fraction of sp³-hybridized carbons (Fsp3) is 0.444. The Kier molecular flexibility index (Phi) is 5.98. The van der Waals surface area contributed by atoms with E-state index in [1.165, 1.54) is 78.8 Å². The third-order valence-corrected chi connectivity index (χ3v) is 9.76. The Hall–Kier alpha value is -2.60. The summed E-state index contributed by atoms with van der Waals surface area (Å²) < 4.78 is 0. The fourth-order valence-corrected chi connectivity index (χ4v) is 8.79. The lowest BCUT2D eigenvalue weighted by Gasteiger charge is -2.57. The molecular formula is C36H42. The molecule has 3 aromatic carbocycles. The largest absolute Gasteiger partial charge is 0.0992 e. The first-order valence-corrected chi connectivity index (χ1v) is 14.3. The maximum absolute atomic E-state index is 4.22. The van der Waals surface area contributed by atoms with Crippen molar-refractivity contribution in [3.63, 3.8) is 0 Å². The molecule has 0 heteroatoms. The third kappa shape index (κ3) is 4.07. The minimum atomic E-state index is 0.225. The van der Waals surface area contributed by atoms with Gasteiger partial charge < -0.3 is 0 Å². The van der Waals surface area contributed by atoms with Crippen molar-refractivity contribution < 1.29 is 0 Å². The van der Waals surface area contributed by atoms with E-state index in [1.807, 2.05) is 0 Å². The van der Waals surface area contributed by atoms with Gasteiger partial charge in [-0.1, -0.05) is 86.2 Å². The second-order valence-corrected chi connectivity index (χ2v) is 12.8. The molecule has 4 aliphatic carbocycles. The van der Waals surface area contributed by atoms with Crippen molar-refractivity contribution in [3.05, 3.63) is 95.6 Å². The van der Waals surface area contributed by atoms with Crippen LogP contribution in [0.15, 0.2) is 78.9 Å². The molecule has 36 heavy (non-hydrogen) atoms. The molecule has 0 heterocycles. The molecule has 4 fully saturated rings. The van der Waals surface area contributed by atoms with Gasteiger partial charge in [-0.05, 0) is 127 Å². The standard InChI is InChI=1S/C36H42/c1-6-7-28-8-9-32(19-34(28)36-20-25-14-26(21-36)16-27(15-25)22-36)30-10-11-31-18-33(13-12-29(31)17-30)35(23(2)3)24(4)5/h8-13,17-19,25-27,35H,2,4,6-7,14-16,20-22H2,1,3,5H3. The number of allylic oxidation sites excluding steroid dienone is 2. The number of hydrogen-bond donors (Lipinski definition) is 0. The van der Waals surface area contributed by atoms with Gasteiger partial charge in [0.15, 0.2) is 0 Å². The number of aryl methyl sites for hydroxylation is 1. The monoisotopic (exact) mass is 474 g/mol. The highest BCUT2D eigenvalue weighted by Crippen LogP contribution is 2.61. The van der Waals surface area contributed by atoms with Crippen LogP contribution in [0.25, 0.3) is 21.9 Å². The zero-order valence-corrected chi connectivity index (χ0v) is 22.6. The molecule has 0 N–H and O–H groups in total. The van der Waals surface area contributed by atoms with Gasteiger partial charge in [0.05, 0.1) is 0 Å². The Morgan fingerprint density at radius 3 is 1.94 bits per heavy atom. The Morgan fingerprint density at radius 1 is 0.778 bits per heavy atom. The molecule has 0 unspecified atom stereocenters. The maximum Gasteiger partial charge on any atom is 0.0247 e. The highest BCUT2D eigenvalue weighted by Gasteiger charge is 2.52. The highest BCUT2D eigenvalue weighted by atomic mass is 14.6. The first kappa shape index (κ1) is 23.8. The first-order valence-electron chi connectivity index (χ1n) is 14.3. The second kappa shape index (κ2) is 9.05. The molecule has 7 rings (SSSR count). The van der Waals surface area contributed by atoms with E-state index in [4.69, 9.17) is 0 Å². The van der Waals surface area contributed by atoms with E-state index >= 15 is 0 Å². The van der Waals surface area contributed by atoms with Gasteiger partial charge in [-0.25, -0.2) is 0 Å². The predicted octanol–water partition coefficient (Wildman–Crippen LogP) is 10.2. The maximum atomic E-state index is 4.22.